The minimum Gasteiger partial charge on any atom is -0.369 e. The first-order chi connectivity index (χ1) is 12.7. The van der Waals surface area contributed by atoms with Gasteiger partial charge >= 0.3 is 5.69 Å². The third-order valence-electron chi connectivity index (χ3n) is 5.16. The van der Waals surface area contributed by atoms with Crippen molar-refractivity contribution in [1.29, 1.82) is 0 Å². The molecule has 0 unspecified atom stereocenters. The van der Waals surface area contributed by atoms with E-state index in [1.807, 2.05) is 0 Å². The lowest BCUT2D eigenvalue weighted by atomic mass is 9.96. The summed E-state index contributed by atoms with van der Waals surface area (Å²) in [5.74, 6) is 0.0392. The van der Waals surface area contributed by atoms with Gasteiger partial charge in [0.25, 0.3) is 5.56 Å². The van der Waals surface area contributed by atoms with E-state index in [0.29, 0.717) is 38.3 Å². The number of carbonyl (C=O) groups is 2. The van der Waals surface area contributed by atoms with Crippen molar-refractivity contribution < 1.29 is 9.59 Å². The van der Waals surface area contributed by atoms with Gasteiger partial charge in [-0.15, -0.1) is 0 Å². The summed E-state index contributed by atoms with van der Waals surface area (Å²) < 4.78 is 3.93. The largest absolute Gasteiger partial charge is 0.369 e. The van der Waals surface area contributed by atoms with E-state index in [0.717, 1.165) is 4.57 Å². The van der Waals surface area contributed by atoms with E-state index in [1.54, 1.807) is 11.6 Å². The van der Waals surface area contributed by atoms with Crippen molar-refractivity contribution in [3.8, 4) is 0 Å². The second-order valence-corrected chi connectivity index (χ2v) is 7.15. The maximum Gasteiger partial charge on any atom is 0.332 e. The van der Waals surface area contributed by atoms with E-state index in [-0.39, 0.29) is 35.3 Å². The average Bonchev–Trinajstić information content (AvgIpc) is 2.96. The predicted molar refractivity (Wildman–Crippen MR) is 98.1 cm³/mol. The highest BCUT2D eigenvalue weighted by Gasteiger charge is 2.26. The van der Waals surface area contributed by atoms with Gasteiger partial charge in [-0.3, -0.25) is 28.4 Å². The molecule has 0 aromatic carbocycles. The summed E-state index contributed by atoms with van der Waals surface area (Å²) in [5, 5.41) is 0. The van der Waals surface area contributed by atoms with Crippen LogP contribution in [0.4, 0.5) is 0 Å². The maximum atomic E-state index is 12.6. The Morgan fingerprint density at radius 2 is 1.78 bits per heavy atom. The Morgan fingerprint density at radius 3 is 2.33 bits per heavy atom. The second-order valence-electron chi connectivity index (χ2n) is 7.15. The fourth-order valence-corrected chi connectivity index (χ4v) is 3.58. The zero-order chi connectivity index (χ0) is 19.9. The molecule has 146 valence electrons. The van der Waals surface area contributed by atoms with E-state index in [1.165, 1.54) is 18.5 Å². The summed E-state index contributed by atoms with van der Waals surface area (Å²) in [4.78, 5) is 54.6. The van der Waals surface area contributed by atoms with Crippen molar-refractivity contribution in [3.63, 3.8) is 0 Å². The van der Waals surface area contributed by atoms with Crippen molar-refractivity contribution in [2.45, 2.75) is 32.9 Å². The number of aromatic nitrogens is 4. The molecule has 0 saturated carbocycles. The van der Waals surface area contributed by atoms with Crippen molar-refractivity contribution in [1.82, 2.24) is 23.6 Å². The van der Waals surface area contributed by atoms with E-state index in [9.17, 15) is 19.2 Å². The lowest BCUT2D eigenvalue weighted by molar-refractivity contribution is -0.123. The predicted octanol–water partition coefficient (Wildman–Crippen LogP) is -1.28. The van der Waals surface area contributed by atoms with Gasteiger partial charge in [0.1, 0.15) is 11.6 Å². The molecule has 1 amide bonds. The Kier molecular flexibility index (Phi) is 5.01. The molecule has 2 aromatic heterocycles. The monoisotopic (exact) mass is 376 g/mol. The highest BCUT2D eigenvalue weighted by molar-refractivity contribution is 5.79. The second kappa shape index (κ2) is 7.10. The summed E-state index contributed by atoms with van der Waals surface area (Å²) in [7, 11) is 2.96. The fraction of sp³-hybridized carbons (Fsp3) is 0.588. The standard InChI is InChI=1S/C17H24N6O4/c1-10(24)8-23-12(9-22-6-4-11(5-7-22)14(18)25)19-15-13(23)16(26)21(3)17(27)20(15)2/h11H,4-9H2,1-3H3,(H2,18,25). The van der Waals surface area contributed by atoms with Crippen LogP contribution < -0.4 is 17.0 Å². The molecular formula is C17H24N6O4. The third-order valence-corrected chi connectivity index (χ3v) is 5.16. The molecule has 0 bridgehead atoms. The first kappa shape index (κ1) is 19.0. The lowest BCUT2D eigenvalue weighted by Crippen LogP contribution is -2.39. The number of rotatable bonds is 5. The van der Waals surface area contributed by atoms with Crippen LogP contribution in [0.5, 0.6) is 0 Å². The number of amides is 1. The number of Topliss-reactive ketones (excluding diaryl/α,β-unsaturated/α-hetero) is 1. The van der Waals surface area contributed by atoms with Gasteiger partial charge in [0.05, 0.1) is 13.1 Å². The molecule has 27 heavy (non-hydrogen) atoms. The molecule has 1 fully saturated rings. The smallest absolute Gasteiger partial charge is 0.332 e. The van der Waals surface area contributed by atoms with Crippen LogP contribution in [-0.2, 0) is 36.8 Å². The number of primary amides is 1. The number of aryl methyl sites for hydroxylation is 1. The molecule has 1 aliphatic rings. The number of hydrogen-bond donors (Lipinski definition) is 1. The number of likely N-dealkylation sites (tertiary alicyclic amines) is 1. The fourth-order valence-electron chi connectivity index (χ4n) is 3.58. The number of imidazole rings is 1. The zero-order valence-electron chi connectivity index (χ0n) is 15.8. The SMILES string of the molecule is CC(=O)Cn1c(CN2CCC(C(N)=O)CC2)nc2c1c(=O)n(C)c(=O)n2C. The van der Waals surface area contributed by atoms with E-state index >= 15 is 0 Å². The minimum absolute atomic E-state index is 0.0109. The van der Waals surface area contributed by atoms with Gasteiger partial charge in [0, 0.05) is 20.0 Å². The number of piperidine rings is 1. The van der Waals surface area contributed by atoms with Crippen molar-refractivity contribution in [3.05, 3.63) is 26.7 Å². The van der Waals surface area contributed by atoms with Gasteiger partial charge in [-0.25, -0.2) is 9.78 Å². The Balaban J connectivity index is 2.02. The molecule has 3 rings (SSSR count). The van der Waals surface area contributed by atoms with Gasteiger partial charge in [0.2, 0.25) is 5.91 Å². The van der Waals surface area contributed by atoms with Crippen molar-refractivity contribution >= 4 is 22.9 Å². The Bertz CT molecular complexity index is 1020. The first-order valence-corrected chi connectivity index (χ1v) is 8.87. The van der Waals surface area contributed by atoms with Gasteiger partial charge in [-0.1, -0.05) is 0 Å². The molecule has 2 N–H and O–H groups in total. The zero-order valence-corrected chi connectivity index (χ0v) is 15.8. The minimum atomic E-state index is -0.472. The van der Waals surface area contributed by atoms with E-state index in [4.69, 9.17) is 5.73 Å². The van der Waals surface area contributed by atoms with Crippen LogP contribution in [0.25, 0.3) is 11.2 Å². The Labute approximate surface area is 155 Å². The molecule has 0 radical (unpaired) electrons. The summed E-state index contributed by atoms with van der Waals surface area (Å²) in [6, 6.07) is 0. The molecule has 0 atom stereocenters. The van der Waals surface area contributed by atoms with Gasteiger partial charge in [0.15, 0.2) is 11.2 Å². The number of carbonyl (C=O) groups excluding carboxylic acids is 2. The number of hydrogen-bond acceptors (Lipinski definition) is 6. The molecule has 10 nitrogen and oxygen atoms in total. The summed E-state index contributed by atoms with van der Waals surface area (Å²) >= 11 is 0. The van der Waals surface area contributed by atoms with Crippen LogP contribution in [-0.4, -0.2) is 48.4 Å². The number of ketones is 1. The van der Waals surface area contributed by atoms with Crippen LogP contribution in [0.15, 0.2) is 9.59 Å². The van der Waals surface area contributed by atoms with Crippen LogP contribution >= 0.6 is 0 Å². The number of fused-ring (bicyclic) bond motifs is 1. The highest BCUT2D eigenvalue weighted by Crippen LogP contribution is 2.20. The molecule has 0 spiro atoms. The van der Waals surface area contributed by atoms with Crippen molar-refractivity contribution in [2.24, 2.45) is 25.7 Å². The molecule has 1 saturated heterocycles. The van der Waals surface area contributed by atoms with Gasteiger partial charge in [-0.2, -0.15) is 0 Å². The Morgan fingerprint density at radius 1 is 1.15 bits per heavy atom. The summed E-state index contributed by atoms with van der Waals surface area (Å²) in [6.07, 6.45) is 1.34. The summed E-state index contributed by atoms with van der Waals surface area (Å²) in [6.45, 7) is 3.23. The van der Waals surface area contributed by atoms with Crippen LogP contribution in [0.1, 0.15) is 25.6 Å². The maximum absolute atomic E-state index is 12.6. The quantitative estimate of drug-likeness (QED) is 0.693. The van der Waals surface area contributed by atoms with Gasteiger partial charge < -0.3 is 10.3 Å². The van der Waals surface area contributed by atoms with Crippen molar-refractivity contribution in [2.75, 3.05) is 13.1 Å². The first-order valence-electron chi connectivity index (χ1n) is 8.87. The average molecular weight is 376 g/mol. The van der Waals surface area contributed by atoms with Gasteiger partial charge in [-0.05, 0) is 32.9 Å². The molecule has 2 aromatic rings. The van der Waals surface area contributed by atoms with Crippen LogP contribution in [0, 0.1) is 5.92 Å². The highest BCUT2D eigenvalue weighted by atomic mass is 16.2. The molecule has 0 aliphatic carbocycles. The normalized spacial score (nSPS) is 16.1. The van der Waals surface area contributed by atoms with E-state index < -0.39 is 11.2 Å². The third kappa shape index (κ3) is 3.44. The molecular weight excluding hydrogens is 352 g/mol. The molecule has 1 aliphatic heterocycles. The lowest BCUT2D eigenvalue weighted by Gasteiger charge is -2.30. The van der Waals surface area contributed by atoms with Crippen LogP contribution in [0.3, 0.4) is 0 Å². The topological polar surface area (TPSA) is 125 Å². The van der Waals surface area contributed by atoms with E-state index in [2.05, 4.69) is 9.88 Å². The number of nitrogens with zero attached hydrogens (tertiary/aromatic N) is 5. The number of nitrogens with two attached hydrogens (primary N) is 1. The Hall–Kier alpha value is -2.75. The van der Waals surface area contributed by atoms with Crippen LogP contribution in [0.2, 0.25) is 0 Å². The molecule has 10 heteroatoms. The summed E-state index contributed by atoms with van der Waals surface area (Å²) in [5.41, 5.74) is 4.96. The molecule has 3 heterocycles.